The lowest BCUT2D eigenvalue weighted by atomic mass is 9.81. The maximum atomic E-state index is 12.7. The maximum Gasteiger partial charge on any atom is 0.222 e. The number of aliphatic hydroxyl groups excluding tert-OH is 1. The van der Waals surface area contributed by atoms with Crippen LogP contribution in [0.3, 0.4) is 0 Å². The molecule has 6 nitrogen and oxygen atoms in total. The lowest BCUT2D eigenvalue weighted by molar-refractivity contribution is -0.185. The molecular formula is C23H31N3O3. The summed E-state index contributed by atoms with van der Waals surface area (Å²) >= 11 is 0. The van der Waals surface area contributed by atoms with Gasteiger partial charge in [-0.25, -0.2) is 0 Å². The van der Waals surface area contributed by atoms with Crippen LogP contribution in [0.15, 0.2) is 30.3 Å². The molecule has 3 heterocycles. The molecule has 2 aliphatic heterocycles. The quantitative estimate of drug-likeness (QED) is 0.830. The van der Waals surface area contributed by atoms with Crippen LogP contribution < -0.4 is 0 Å². The average Bonchev–Trinajstić information content (AvgIpc) is 3.05. The molecule has 1 aromatic carbocycles. The van der Waals surface area contributed by atoms with Gasteiger partial charge in [-0.1, -0.05) is 30.3 Å². The van der Waals surface area contributed by atoms with Crippen LogP contribution in [0.4, 0.5) is 0 Å². The van der Waals surface area contributed by atoms with Gasteiger partial charge in [0.15, 0.2) is 0 Å². The summed E-state index contributed by atoms with van der Waals surface area (Å²) in [6, 6.07) is 10.1. The predicted molar refractivity (Wildman–Crippen MR) is 110 cm³/mol. The summed E-state index contributed by atoms with van der Waals surface area (Å²) in [6.07, 6.45) is 3.56. The van der Waals surface area contributed by atoms with Crippen LogP contribution in [-0.2, 0) is 16.0 Å². The van der Waals surface area contributed by atoms with E-state index in [4.69, 9.17) is 4.74 Å². The second-order valence-corrected chi connectivity index (χ2v) is 8.59. The van der Waals surface area contributed by atoms with Crippen molar-refractivity contribution < 1.29 is 14.6 Å². The van der Waals surface area contributed by atoms with E-state index >= 15 is 0 Å². The number of likely N-dealkylation sites (tertiary alicyclic amines) is 1. The Hall–Kier alpha value is -2.18. The van der Waals surface area contributed by atoms with Crippen molar-refractivity contribution in [3.05, 3.63) is 52.8 Å². The molecule has 2 saturated heterocycles. The van der Waals surface area contributed by atoms with Crippen molar-refractivity contribution in [1.82, 2.24) is 15.1 Å². The van der Waals surface area contributed by atoms with Crippen molar-refractivity contribution in [3.63, 3.8) is 0 Å². The fraction of sp³-hybridized carbons (Fsp3) is 0.565. The van der Waals surface area contributed by atoms with Crippen molar-refractivity contribution >= 4 is 5.91 Å². The number of aliphatic hydroxyl groups is 1. The molecule has 1 spiro atoms. The highest BCUT2D eigenvalue weighted by Crippen LogP contribution is 2.43. The number of aromatic nitrogens is 2. The highest BCUT2D eigenvalue weighted by Gasteiger charge is 2.44. The van der Waals surface area contributed by atoms with Crippen LogP contribution in [0, 0.1) is 13.8 Å². The zero-order valence-corrected chi connectivity index (χ0v) is 17.4. The minimum absolute atomic E-state index is 0.0759. The Morgan fingerprint density at radius 3 is 2.66 bits per heavy atom. The van der Waals surface area contributed by atoms with Crippen molar-refractivity contribution in [2.24, 2.45) is 0 Å². The molecule has 0 aliphatic carbocycles. The molecule has 29 heavy (non-hydrogen) atoms. The molecule has 2 N–H and O–H groups in total. The topological polar surface area (TPSA) is 78.5 Å². The van der Waals surface area contributed by atoms with Crippen molar-refractivity contribution in [2.75, 3.05) is 13.1 Å². The van der Waals surface area contributed by atoms with Crippen LogP contribution in [0.1, 0.15) is 60.7 Å². The van der Waals surface area contributed by atoms with Gasteiger partial charge in [0, 0.05) is 44.5 Å². The largest absolute Gasteiger partial charge is 0.393 e. The zero-order valence-electron chi connectivity index (χ0n) is 17.4. The monoisotopic (exact) mass is 397 g/mol. The predicted octanol–water partition coefficient (Wildman–Crippen LogP) is 3.23. The molecule has 6 heteroatoms. The average molecular weight is 398 g/mol. The third kappa shape index (κ3) is 4.38. The number of nitrogens with zero attached hydrogens (tertiary/aromatic N) is 2. The fourth-order valence-electron chi connectivity index (χ4n) is 4.68. The number of ether oxygens (including phenoxy) is 1. The Morgan fingerprint density at radius 1 is 1.28 bits per heavy atom. The van der Waals surface area contributed by atoms with Gasteiger partial charge < -0.3 is 14.7 Å². The summed E-state index contributed by atoms with van der Waals surface area (Å²) in [5.74, 6) is 0.177. The van der Waals surface area contributed by atoms with Gasteiger partial charge in [-0.3, -0.25) is 9.89 Å². The van der Waals surface area contributed by atoms with Crippen LogP contribution in [0.5, 0.6) is 0 Å². The molecule has 2 aliphatic rings. The molecule has 4 rings (SSSR count). The lowest BCUT2D eigenvalue weighted by Crippen LogP contribution is -2.52. The van der Waals surface area contributed by atoms with Crippen LogP contribution in [-0.4, -0.2) is 50.9 Å². The summed E-state index contributed by atoms with van der Waals surface area (Å²) in [5, 5.41) is 17.8. The number of nitrogens with one attached hydrogen (secondary N) is 1. The van der Waals surface area contributed by atoms with E-state index in [1.807, 2.05) is 36.9 Å². The molecule has 1 aromatic heterocycles. The summed E-state index contributed by atoms with van der Waals surface area (Å²) in [4.78, 5) is 14.7. The lowest BCUT2D eigenvalue weighted by Gasteiger charge is -2.48. The third-order valence-corrected chi connectivity index (χ3v) is 6.61. The number of hydrogen-bond acceptors (Lipinski definition) is 4. The van der Waals surface area contributed by atoms with Gasteiger partial charge in [0.25, 0.3) is 0 Å². The van der Waals surface area contributed by atoms with Gasteiger partial charge in [0.1, 0.15) is 0 Å². The van der Waals surface area contributed by atoms with E-state index in [9.17, 15) is 9.90 Å². The second-order valence-electron chi connectivity index (χ2n) is 8.59. The number of hydrogen-bond donors (Lipinski definition) is 2. The van der Waals surface area contributed by atoms with Crippen molar-refractivity contribution in [3.8, 4) is 0 Å². The molecular weight excluding hydrogens is 366 g/mol. The Balaban J connectivity index is 1.34. The first kappa shape index (κ1) is 20.1. The van der Waals surface area contributed by atoms with Gasteiger partial charge in [0.05, 0.1) is 23.5 Å². The Labute approximate surface area is 172 Å². The first-order valence-electron chi connectivity index (χ1n) is 10.6. The van der Waals surface area contributed by atoms with Gasteiger partial charge in [-0.15, -0.1) is 0 Å². The number of aromatic amines is 1. The van der Waals surface area contributed by atoms with Crippen molar-refractivity contribution in [2.45, 2.75) is 70.2 Å². The highest BCUT2D eigenvalue weighted by molar-refractivity contribution is 5.76. The maximum absolute atomic E-state index is 12.7. The third-order valence-electron chi connectivity index (χ3n) is 6.61. The molecule has 1 amide bonds. The van der Waals surface area contributed by atoms with Crippen LogP contribution in [0.2, 0.25) is 0 Å². The summed E-state index contributed by atoms with van der Waals surface area (Å²) < 4.78 is 6.54. The van der Waals surface area contributed by atoms with Gasteiger partial charge in [-0.05, 0) is 37.8 Å². The standard InChI is InChI=1S/C23H31N3O3/c1-16-17(2)24-25-20(16)8-9-22(28)26-12-10-23(11-13-26)15-19(27)14-21(29-23)18-6-4-3-5-7-18/h3-7,19,21,27H,8-15H2,1-2H3,(H,24,25)/t19-,21+/m0/s1. The number of amides is 1. The molecule has 156 valence electrons. The Morgan fingerprint density at radius 2 is 2.00 bits per heavy atom. The zero-order chi connectivity index (χ0) is 20.4. The number of piperidine rings is 1. The van der Waals surface area contributed by atoms with Gasteiger partial charge in [-0.2, -0.15) is 5.10 Å². The number of carbonyl (C=O) groups is 1. The van der Waals surface area contributed by atoms with Crippen LogP contribution in [0.25, 0.3) is 0 Å². The minimum Gasteiger partial charge on any atom is -0.393 e. The number of aryl methyl sites for hydroxylation is 2. The van der Waals surface area contributed by atoms with Gasteiger partial charge >= 0.3 is 0 Å². The summed E-state index contributed by atoms with van der Waals surface area (Å²) in [7, 11) is 0. The molecule has 0 bridgehead atoms. The number of benzene rings is 1. The fourth-order valence-corrected chi connectivity index (χ4v) is 4.68. The smallest absolute Gasteiger partial charge is 0.222 e. The molecule has 2 fully saturated rings. The van der Waals surface area contributed by atoms with E-state index in [0.717, 1.165) is 35.4 Å². The highest BCUT2D eigenvalue weighted by atomic mass is 16.5. The minimum atomic E-state index is -0.359. The van der Waals surface area contributed by atoms with Crippen LogP contribution >= 0.6 is 0 Å². The molecule has 2 aromatic rings. The SMILES string of the molecule is Cc1[nH]nc(CCC(=O)N2CCC3(CC2)C[C@@H](O)C[C@H](c2ccccc2)O3)c1C. The molecule has 0 saturated carbocycles. The summed E-state index contributed by atoms with van der Waals surface area (Å²) in [6.45, 7) is 5.41. The van der Waals surface area contributed by atoms with E-state index < -0.39 is 0 Å². The summed E-state index contributed by atoms with van der Waals surface area (Å²) in [5.41, 5.74) is 3.98. The Bertz CT molecular complexity index is 840. The number of rotatable bonds is 4. The van der Waals surface area contributed by atoms with E-state index in [1.165, 1.54) is 0 Å². The van der Waals surface area contributed by atoms with E-state index in [0.29, 0.717) is 38.8 Å². The first-order chi connectivity index (χ1) is 14.0. The Kier molecular flexibility index (Phi) is 5.74. The van der Waals surface area contributed by atoms with E-state index in [1.54, 1.807) is 0 Å². The van der Waals surface area contributed by atoms with Crippen molar-refractivity contribution in [1.29, 1.82) is 0 Å². The van der Waals surface area contributed by atoms with E-state index in [2.05, 4.69) is 22.3 Å². The second kappa shape index (κ2) is 8.28. The normalized spacial score (nSPS) is 24.0. The van der Waals surface area contributed by atoms with Gasteiger partial charge in [0.2, 0.25) is 5.91 Å². The molecule has 2 atom stereocenters. The first-order valence-corrected chi connectivity index (χ1v) is 10.6. The number of H-pyrrole nitrogens is 1. The van der Waals surface area contributed by atoms with E-state index in [-0.39, 0.29) is 23.7 Å². The number of carbonyl (C=O) groups excluding carboxylic acids is 1. The molecule has 0 unspecified atom stereocenters. The molecule has 0 radical (unpaired) electrons.